The van der Waals surface area contributed by atoms with Crippen molar-refractivity contribution in [3.63, 3.8) is 0 Å². The molecule has 0 N–H and O–H groups in total. The molecule has 1 aromatic carbocycles. The van der Waals surface area contributed by atoms with Gasteiger partial charge in [-0.3, -0.25) is 4.79 Å². The lowest BCUT2D eigenvalue weighted by molar-refractivity contribution is -0.116. The van der Waals surface area contributed by atoms with Crippen LogP contribution < -0.4 is 4.90 Å². The van der Waals surface area contributed by atoms with Crippen molar-refractivity contribution in [3.05, 3.63) is 35.4 Å². The number of carbonyl (C=O) groups excluding carboxylic acids is 1. The number of nitrogens with zero attached hydrogens (tertiary/aromatic N) is 3. The Morgan fingerprint density at radius 1 is 1.43 bits per heavy atom. The second-order valence-corrected chi connectivity index (χ2v) is 2.91. The Kier molecular flexibility index (Phi) is 3.15. The Morgan fingerprint density at radius 3 is 2.43 bits per heavy atom. The van der Waals surface area contributed by atoms with E-state index in [9.17, 15) is 4.79 Å². The number of anilines is 1. The maximum Gasteiger partial charge on any atom is 0.287 e. The van der Waals surface area contributed by atoms with Crippen molar-refractivity contribution in [2.75, 3.05) is 11.9 Å². The first-order valence-electron chi connectivity index (χ1n) is 4.17. The van der Waals surface area contributed by atoms with Gasteiger partial charge in [0.15, 0.2) is 0 Å². The summed E-state index contributed by atoms with van der Waals surface area (Å²) in [5, 5.41) is 0. The summed E-state index contributed by atoms with van der Waals surface area (Å²) < 4.78 is 0. The van der Waals surface area contributed by atoms with Crippen molar-refractivity contribution < 1.29 is 9.58 Å². The molecule has 1 amide bonds. The third kappa shape index (κ3) is 2.28. The minimum Gasteiger partial charge on any atom is -0.361 e. The lowest BCUT2D eigenvalue weighted by Gasteiger charge is -2.14. The Morgan fingerprint density at radius 2 is 2.00 bits per heavy atom. The van der Waals surface area contributed by atoms with E-state index in [1.54, 1.807) is 36.2 Å². The molecule has 0 aliphatic rings. The highest BCUT2D eigenvalue weighted by atomic mass is 16.2. The Labute approximate surface area is 82.4 Å². The van der Waals surface area contributed by atoms with Gasteiger partial charge in [0.25, 0.3) is 6.21 Å². The summed E-state index contributed by atoms with van der Waals surface area (Å²) in [4.78, 5) is 15.5. The summed E-state index contributed by atoms with van der Waals surface area (Å²) in [6.07, 6.45) is 1.33. The molecule has 4 heteroatoms. The largest absolute Gasteiger partial charge is 0.361 e. The zero-order valence-electron chi connectivity index (χ0n) is 8.14. The van der Waals surface area contributed by atoms with E-state index in [0.717, 1.165) is 11.3 Å². The van der Waals surface area contributed by atoms with Gasteiger partial charge in [-0.1, -0.05) is 0 Å². The lowest BCUT2D eigenvalue weighted by Crippen LogP contribution is -2.22. The van der Waals surface area contributed by atoms with Gasteiger partial charge in [0.2, 0.25) is 5.91 Å². The first-order chi connectivity index (χ1) is 6.65. The molecule has 0 spiro atoms. The Bertz CT molecular complexity index is 377. The van der Waals surface area contributed by atoms with Crippen LogP contribution in [0.25, 0.3) is 5.53 Å². The fourth-order valence-electron chi connectivity index (χ4n) is 1.03. The van der Waals surface area contributed by atoms with Crippen LogP contribution in [-0.4, -0.2) is 24.0 Å². The number of hydrogen-bond acceptors (Lipinski definition) is 1. The smallest absolute Gasteiger partial charge is 0.287 e. The van der Waals surface area contributed by atoms with Gasteiger partial charge in [0.1, 0.15) is 0 Å². The van der Waals surface area contributed by atoms with Crippen LogP contribution in [0, 0.1) is 0 Å². The molecule has 0 radical (unpaired) electrons. The second-order valence-electron chi connectivity index (χ2n) is 2.91. The number of carbonyl (C=O) groups is 1. The minimum absolute atomic E-state index is 0.0198. The van der Waals surface area contributed by atoms with E-state index in [4.69, 9.17) is 5.53 Å². The molecule has 0 saturated heterocycles. The van der Waals surface area contributed by atoms with Crippen LogP contribution in [0.4, 0.5) is 5.69 Å². The summed E-state index contributed by atoms with van der Waals surface area (Å²) in [6, 6.07) is 7.12. The molecule has 72 valence electrons. The quantitative estimate of drug-likeness (QED) is 0.393. The van der Waals surface area contributed by atoms with Crippen LogP contribution in [0.15, 0.2) is 24.3 Å². The minimum atomic E-state index is -0.0198. The molecule has 0 saturated carbocycles. The maximum atomic E-state index is 11.0. The Balaban J connectivity index is 2.93. The van der Waals surface area contributed by atoms with Crippen molar-refractivity contribution in [1.29, 1.82) is 0 Å². The standard InChI is InChI=1S/C10H11N3O/c1-8(14)13(2)10-5-3-9(4-6-10)7-12-11/h3-7H,1-2H3. The van der Waals surface area contributed by atoms with Crippen molar-refractivity contribution in [2.45, 2.75) is 6.92 Å². The third-order valence-corrected chi connectivity index (χ3v) is 1.96. The fourth-order valence-corrected chi connectivity index (χ4v) is 1.03. The molecule has 1 rings (SSSR count). The molecule has 0 aliphatic carbocycles. The highest BCUT2D eigenvalue weighted by Gasteiger charge is 2.04. The average molecular weight is 189 g/mol. The zero-order chi connectivity index (χ0) is 10.6. The molecule has 0 bridgehead atoms. The van der Waals surface area contributed by atoms with Crippen molar-refractivity contribution in [2.24, 2.45) is 0 Å². The molecule has 0 atom stereocenters. The number of hydrogen-bond donors (Lipinski definition) is 0. The summed E-state index contributed by atoms with van der Waals surface area (Å²) in [5.74, 6) is -0.0198. The number of rotatable bonds is 2. The Hall–Kier alpha value is -1.93. The molecule has 0 unspecified atom stereocenters. The van der Waals surface area contributed by atoms with Gasteiger partial charge in [-0.2, -0.15) is 4.79 Å². The van der Waals surface area contributed by atoms with Gasteiger partial charge in [-0.15, -0.1) is 0 Å². The molecule has 4 nitrogen and oxygen atoms in total. The lowest BCUT2D eigenvalue weighted by atomic mass is 10.2. The second kappa shape index (κ2) is 4.35. The topological polar surface area (TPSA) is 56.7 Å². The molecule has 0 aliphatic heterocycles. The van der Waals surface area contributed by atoms with Crippen molar-refractivity contribution in [1.82, 2.24) is 0 Å². The van der Waals surface area contributed by atoms with Crippen molar-refractivity contribution >= 4 is 17.8 Å². The van der Waals surface area contributed by atoms with Gasteiger partial charge >= 0.3 is 0 Å². The van der Waals surface area contributed by atoms with Crippen LogP contribution in [0.2, 0.25) is 0 Å². The van der Waals surface area contributed by atoms with E-state index in [0.29, 0.717) is 0 Å². The molecule has 1 aromatic rings. The first kappa shape index (κ1) is 10.2. The van der Waals surface area contributed by atoms with Gasteiger partial charge in [0.05, 0.1) is 5.56 Å². The zero-order valence-corrected chi connectivity index (χ0v) is 8.14. The molecule has 0 heterocycles. The predicted molar refractivity (Wildman–Crippen MR) is 54.3 cm³/mol. The van der Waals surface area contributed by atoms with Gasteiger partial charge in [0, 0.05) is 19.7 Å². The van der Waals surface area contributed by atoms with E-state index in [-0.39, 0.29) is 5.91 Å². The molecule has 14 heavy (non-hydrogen) atoms. The van der Waals surface area contributed by atoms with Gasteiger partial charge in [-0.25, -0.2) is 0 Å². The molecular formula is C10H11N3O. The number of benzene rings is 1. The van der Waals surface area contributed by atoms with Gasteiger partial charge < -0.3 is 10.4 Å². The highest BCUT2D eigenvalue weighted by Crippen LogP contribution is 2.12. The number of amides is 1. The summed E-state index contributed by atoms with van der Waals surface area (Å²) >= 11 is 0. The van der Waals surface area contributed by atoms with Crippen molar-refractivity contribution in [3.8, 4) is 0 Å². The first-order valence-corrected chi connectivity index (χ1v) is 4.17. The SMILES string of the molecule is CC(=O)N(C)c1ccc(C=[N+]=[N-])cc1. The van der Waals surface area contributed by atoms with E-state index in [1.807, 2.05) is 0 Å². The van der Waals surface area contributed by atoms with E-state index in [2.05, 4.69) is 4.79 Å². The molecular weight excluding hydrogens is 178 g/mol. The maximum absolute atomic E-state index is 11.0. The van der Waals surface area contributed by atoms with Crippen LogP contribution in [0.3, 0.4) is 0 Å². The van der Waals surface area contributed by atoms with Crippen LogP contribution in [0.1, 0.15) is 12.5 Å². The van der Waals surface area contributed by atoms with Crippen LogP contribution >= 0.6 is 0 Å². The van der Waals surface area contributed by atoms with E-state index in [1.165, 1.54) is 13.1 Å². The summed E-state index contributed by atoms with van der Waals surface area (Å²) in [7, 11) is 1.71. The highest BCUT2D eigenvalue weighted by molar-refractivity contribution is 5.91. The average Bonchev–Trinajstić information content (AvgIpc) is 2.18. The third-order valence-electron chi connectivity index (χ3n) is 1.96. The predicted octanol–water partition coefficient (Wildman–Crippen LogP) is 1.32. The van der Waals surface area contributed by atoms with Crippen LogP contribution in [-0.2, 0) is 4.79 Å². The summed E-state index contributed by atoms with van der Waals surface area (Å²) in [5.41, 5.74) is 9.89. The van der Waals surface area contributed by atoms with Gasteiger partial charge in [-0.05, 0) is 24.3 Å². The molecule has 0 aromatic heterocycles. The van der Waals surface area contributed by atoms with Crippen LogP contribution in [0.5, 0.6) is 0 Å². The normalized spacial score (nSPS) is 9.00. The monoisotopic (exact) mass is 189 g/mol. The van der Waals surface area contributed by atoms with E-state index < -0.39 is 0 Å². The fraction of sp³-hybridized carbons (Fsp3) is 0.200. The summed E-state index contributed by atoms with van der Waals surface area (Å²) in [6.45, 7) is 1.50. The van der Waals surface area contributed by atoms with E-state index >= 15 is 0 Å². The molecule has 0 fully saturated rings.